The van der Waals surface area contributed by atoms with Crippen molar-refractivity contribution in [3.8, 4) is 0 Å². The van der Waals surface area contributed by atoms with Gasteiger partial charge in [0.25, 0.3) is 0 Å². The van der Waals surface area contributed by atoms with Crippen LogP contribution in [0, 0.1) is 0 Å². The van der Waals surface area contributed by atoms with Crippen LogP contribution in [0.2, 0.25) is 0 Å². The summed E-state index contributed by atoms with van der Waals surface area (Å²) in [6.45, 7) is 4.38. The van der Waals surface area contributed by atoms with E-state index in [2.05, 4.69) is 54.5 Å². The maximum atomic E-state index is 12.5. The molecule has 0 aliphatic carbocycles. The van der Waals surface area contributed by atoms with Gasteiger partial charge in [0.15, 0.2) is 0 Å². The molecule has 0 radical (unpaired) electrons. The number of thioether (sulfide) groups is 1. The van der Waals surface area contributed by atoms with Crippen LogP contribution in [0.4, 0.5) is 0 Å². The first-order valence-electron chi connectivity index (χ1n) is 9.02. The molecule has 27 heavy (non-hydrogen) atoms. The summed E-state index contributed by atoms with van der Waals surface area (Å²) in [4.78, 5) is 17.8. The summed E-state index contributed by atoms with van der Waals surface area (Å²) in [5.74, 6) is 1.77. The summed E-state index contributed by atoms with van der Waals surface area (Å²) >= 11 is 3.28. The van der Waals surface area contributed by atoms with E-state index in [9.17, 15) is 4.79 Å². The van der Waals surface area contributed by atoms with Gasteiger partial charge >= 0.3 is 0 Å². The van der Waals surface area contributed by atoms with Crippen molar-refractivity contribution >= 4 is 29.0 Å². The minimum atomic E-state index is -0.0993. The first-order chi connectivity index (χ1) is 13.1. The molecule has 2 heterocycles. The smallest absolute Gasteiger partial charge is 0.230 e. The molecule has 0 spiro atoms. The lowest BCUT2D eigenvalue weighted by Crippen LogP contribution is -2.30. The molecule has 0 aliphatic rings. The third-order valence-electron chi connectivity index (χ3n) is 4.29. The van der Waals surface area contributed by atoms with Crippen LogP contribution in [0.1, 0.15) is 47.4 Å². The van der Waals surface area contributed by atoms with Crippen LogP contribution in [0.25, 0.3) is 0 Å². The molecule has 1 amide bonds. The highest BCUT2D eigenvalue weighted by molar-refractivity contribution is 7.99. The number of hydrogen-bond acceptors (Lipinski definition) is 4. The van der Waals surface area contributed by atoms with Crippen LogP contribution in [0.15, 0.2) is 66.3 Å². The first-order valence-corrected chi connectivity index (χ1v) is 11.1. The molecular formula is C22H24N2OS2. The molecular weight excluding hydrogens is 372 g/mol. The van der Waals surface area contributed by atoms with Crippen molar-refractivity contribution in [1.82, 2.24) is 10.3 Å². The lowest BCUT2D eigenvalue weighted by Gasteiger charge is -2.19. The van der Waals surface area contributed by atoms with Crippen molar-refractivity contribution in [2.45, 2.75) is 31.6 Å². The van der Waals surface area contributed by atoms with E-state index in [-0.39, 0.29) is 11.9 Å². The Bertz CT molecular complexity index is 831. The minimum Gasteiger partial charge on any atom is -0.344 e. The van der Waals surface area contributed by atoms with Crippen LogP contribution in [0.3, 0.4) is 0 Å². The van der Waals surface area contributed by atoms with E-state index in [1.165, 1.54) is 5.56 Å². The molecule has 3 aromatic rings. The fraction of sp³-hybridized carbons (Fsp3) is 0.273. The van der Waals surface area contributed by atoms with Gasteiger partial charge in [0.1, 0.15) is 0 Å². The molecule has 1 unspecified atom stereocenters. The Morgan fingerprint density at radius 2 is 1.89 bits per heavy atom. The standard InChI is InChI=1S/C22H24N2OS2/c1-16(2)18-7-9-19(10-8-18)22(20-6-4-12-27-20)24-21(25)15-26-14-17-5-3-11-23-13-17/h3-13,16,22H,14-15H2,1-2H3,(H,24,25). The average Bonchev–Trinajstić information content (AvgIpc) is 3.21. The topological polar surface area (TPSA) is 42.0 Å². The van der Waals surface area contributed by atoms with Crippen LogP contribution < -0.4 is 5.32 Å². The van der Waals surface area contributed by atoms with Gasteiger partial charge in [-0.3, -0.25) is 9.78 Å². The summed E-state index contributed by atoms with van der Waals surface area (Å²) < 4.78 is 0. The van der Waals surface area contributed by atoms with Crippen molar-refractivity contribution in [3.05, 3.63) is 87.9 Å². The number of amides is 1. The molecule has 2 aromatic heterocycles. The number of rotatable bonds is 8. The fourth-order valence-electron chi connectivity index (χ4n) is 2.80. The zero-order valence-electron chi connectivity index (χ0n) is 15.6. The molecule has 0 bridgehead atoms. The second kappa shape index (κ2) is 9.72. The summed E-state index contributed by atoms with van der Waals surface area (Å²) in [6.07, 6.45) is 3.60. The highest BCUT2D eigenvalue weighted by atomic mass is 32.2. The van der Waals surface area contributed by atoms with Crippen LogP contribution >= 0.6 is 23.1 Å². The van der Waals surface area contributed by atoms with Gasteiger partial charge in [-0.15, -0.1) is 23.1 Å². The maximum Gasteiger partial charge on any atom is 0.230 e. The number of hydrogen-bond donors (Lipinski definition) is 1. The monoisotopic (exact) mass is 396 g/mol. The number of pyridine rings is 1. The zero-order chi connectivity index (χ0) is 19.1. The van der Waals surface area contributed by atoms with Gasteiger partial charge in [-0.25, -0.2) is 0 Å². The Kier molecular flexibility index (Phi) is 7.07. The molecule has 5 heteroatoms. The summed E-state index contributed by atoms with van der Waals surface area (Å²) in [5.41, 5.74) is 3.56. The third kappa shape index (κ3) is 5.68. The van der Waals surface area contributed by atoms with Gasteiger partial charge < -0.3 is 5.32 Å². The van der Waals surface area contributed by atoms with E-state index in [0.29, 0.717) is 11.7 Å². The molecule has 0 saturated carbocycles. The van der Waals surface area contributed by atoms with Crippen molar-refractivity contribution in [2.24, 2.45) is 0 Å². The van der Waals surface area contributed by atoms with Crippen molar-refractivity contribution < 1.29 is 4.79 Å². The highest BCUT2D eigenvalue weighted by Crippen LogP contribution is 2.27. The Hall–Kier alpha value is -2.11. The quantitative estimate of drug-likeness (QED) is 0.554. The number of carbonyl (C=O) groups excluding carboxylic acids is 1. The predicted octanol–water partition coefficient (Wildman–Crippen LogP) is 5.41. The summed E-state index contributed by atoms with van der Waals surface area (Å²) in [7, 11) is 0. The summed E-state index contributed by atoms with van der Waals surface area (Å²) in [6, 6.07) is 16.5. The zero-order valence-corrected chi connectivity index (χ0v) is 17.2. The van der Waals surface area contributed by atoms with Gasteiger partial charge in [-0.1, -0.05) is 50.2 Å². The SMILES string of the molecule is CC(C)c1ccc(C(NC(=O)CSCc2cccnc2)c2cccs2)cc1. The number of thiophene rings is 1. The molecule has 0 aliphatic heterocycles. The minimum absolute atomic E-state index is 0.0511. The van der Waals surface area contributed by atoms with Gasteiger partial charge in [0.05, 0.1) is 11.8 Å². The van der Waals surface area contributed by atoms with Gasteiger partial charge in [0.2, 0.25) is 5.91 Å². The maximum absolute atomic E-state index is 12.5. The molecule has 3 rings (SSSR count). The van der Waals surface area contributed by atoms with Crippen LogP contribution in [0.5, 0.6) is 0 Å². The molecule has 1 N–H and O–H groups in total. The lowest BCUT2D eigenvalue weighted by molar-refractivity contribution is -0.119. The van der Waals surface area contributed by atoms with Gasteiger partial charge in [0, 0.05) is 23.0 Å². The second-order valence-electron chi connectivity index (χ2n) is 6.69. The molecule has 140 valence electrons. The Morgan fingerprint density at radius 1 is 1.11 bits per heavy atom. The Morgan fingerprint density at radius 3 is 2.52 bits per heavy atom. The number of carbonyl (C=O) groups is 1. The lowest BCUT2D eigenvalue weighted by atomic mass is 9.98. The number of nitrogens with zero attached hydrogens (tertiary/aromatic N) is 1. The number of benzene rings is 1. The van der Waals surface area contributed by atoms with E-state index in [1.54, 1.807) is 29.3 Å². The van der Waals surface area contributed by atoms with E-state index in [0.717, 1.165) is 21.8 Å². The largest absolute Gasteiger partial charge is 0.344 e. The van der Waals surface area contributed by atoms with Crippen molar-refractivity contribution in [1.29, 1.82) is 0 Å². The van der Waals surface area contributed by atoms with Crippen molar-refractivity contribution in [2.75, 3.05) is 5.75 Å². The third-order valence-corrected chi connectivity index (χ3v) is 6.24. The van der Waals surface area contributed by atoms with E-state index >= 15 is 0 Å². The number of nitrogens with one attached hydrogen (secondary N) is 1. The number of aromatic nitrogens is 1. The highest BCUT2D eigenvalue weighted by Gasteiger charge is 2.18. The summed E-state index contributed by atoms with van der Waals surface area (Å²) in [5, 5.41) is 5.26. The normalized spacial score (nSPS) is 12.1. The predicted molar refractivity (Wildman–Crippen MR) is 115 cm³/mol. The fourth-order valence-corrected chi connectivity index (χ4v) is 4.38. The Balaban J connectivity index is 1.64. The second-order valence-corrected chi connectivity index (χ2v) is 8.66. The van der Waals surface area contributed by atoms with Crippen molar-refractivity contribution in [3.63, 3.8) is 0 Å². The van der Waals surface area contributed by atoms with Crippen LogP contribution in [-0.4, -0.2) is 16.6 Å². The van der Waals surface area contributed by atoms with E-state index < -0.39 is 0 Å². The average molecular weight is 397 g/mol. The van der Waals surface area contributed by atoms with Crippen LogP contribution in [-0.2, 0) is 10.5 Å². The molecule has 1 atom stereocenters. The first kappa shape index (κ1) is 19.6. The Labute approximate surface area is 169 Å². The molecule has 3 nitrogen and oxygen atoms in total. The molecule has 0 fully saturated rings. The molecule has 0 saturated heterocycles. The van der Waals surface area contributed by atoms with E-state index in [1.807, 2.05) is 29.8 Å². The molecule has 1 aromatic carbocycles. The van der Waals surface area contributed by atoms with Gasteiger partial charge in [-0.2, -0.15) is 0 Å². The van der Waals surface area contributed by atoms with Gasteiger partial charge in [-0.05, 0) is 40.1 Å². The van der Waals surface area contributed by atoms with E-state index in [4.69, 9.17) is 0 Å².